The molecule has 3 heteroatoms. The molecule has 0 saturated heterocycles. The van der Waals surface area contributed by atoms with Crippen molar-refractivity contribution >= 4 is 12.0 Å². The smallest absolute Gasteiger partial charge is 0.328 e. The summed E-state index contributed by atoms with van der Waals surface area (Å²) in [5.41, 5.74) is 2.95. The zero-order valence-corrected chi connectivity index (χ0v) is 12.1. The maximum absolute atomic E-state index is 10.5. The minimum atomic E-state index is -0.938. The number of carboxylic acids is 1. The molecule has 0 spiro atoms. The highest BCUT2D eigenvalue weighted by molar-refractivity contribution is 5.85. The molecule has 0 aliphatic rings. The van der Waals surface area contributed by atoms with Crippen LogP contribution in [0.15, 0.2) is 18.2 Å². The summed E-state index contributed by atoms with van der Waals surface area (Å²) < 4.78 is 5.86. The van der Waals surface area contributed by atoms with Gasteiger partial charge in [-0.05, 0) is 54.7 Å². The number of carboxylic acid groups (broad SMARTS) is 1. The highest BCUT2D eigenvalue weighted by atomic mass is 16.5. The van der Waals surface area contributed by atoms with Gasteiger partial charge in [0.25, 0.3) is 0 Å². The van der Waals surface area contributed by atoms with Crippen molar-refractivity contribution in [2.45, 2.75) is 34.1 Å². The Hall–Kier alpha value is -1.77. The molecule has 0 aliphatic heterocycles. The molecule has 0 amide bonds. The van der Waals surface area contributed by atoms with Gasteiger partial charge in [-0.25, -0.2) is 4.79 Å². The fourth-order valence-electron chi connectivity index (χ4n) is 1.82. The van der Waals surface area contributed by atoms with E-state index >= 15 is 0 Å². The molecule has 0 fully saturated rings. The van der Waals surface area contributed by atoms with E-state index in [9.17, 15) is 4.79 Å². The molecular weight excluding hydrogens is 240 g/mol. The van der Waals surface area contributed by atoms with Crippen molar-refractivity contribution < 1.29 is 14.6 Å². The van der Waals surface area contributed by atoms with Crippen LogP contribution in [0, 0.1) is 19.8 Å². The van der Waals surface area contributed by atoms with E-state index in [1.54, 1.807) is 6.08 Å². The van der Waals surface area contributed by atoms with Crippen LogP contribution in [0.5, 0.6) is 5.75 Å². The number of carbonyl (C=O) groups is 1. The van der Waals surface area contributed by atoms with Crippen molar-refractivity contribution in [3.05, 3.63) is 34.9 Å². The Labute approximate surface area is 114 Å². The quantitative estimate of drug-likeness (QED) is 0.793. The third-order valence-corrected chi connectivity index (χ3v) is 3.11. The maximum atomic E-state index is 10.5. The first-order valence-corrected chi connectivity index (χ1v) is 6.59. The topological polar surface area (TPSA) is 46.5 Å². The maximum Gasteiger partial charge on any atom is 0.328 e. The van der Waals surface area contributed by atoms with Gasteiger partial charge in [-0.15, -0.1) is 0 Å². The summed E-state index contributed by atoms with van der Waals surface area (Å²) in [6, 6.07) is 3.89. The highest BCUT2D eigenvalue weighted by Crippen LogP contribution is 2.26. The van der Waals surface area contributed by atoms with E-state index in [4.69, 9.17) is 9.84 Å². The summed E-state index contributed by atoms with van der Waals surface area (Å²) in [6.45, 7) is 8.98. The lowest BCUT2D eigenvalue weighted by molar-refractivity contribution is -0.131. The van der Waals surface area contributed by atoms with Gasteiger partial charge in [0, 0.05) is 6.08 Å². The molecule has 0 bridgehead atoms. The average molecular weight is 262 g/mol. The second-order valence-corrected chi connectivity index (χ2v) is 4.98. The van der Waals surface area contributed by atoms with E-state index in [0.29, 0.717) is 12.5 Å². The van der Waals surface area contributed by atoms with Crippen LogP contribution in [0.3, 0.4) is 0 Å². The minimum absolute atomic E-state index is 0.533. The summed E-state index contributed by atoms with van der Waals surface area (Å²) in [5.74, 6) is 0.505. The van der Waals surface area contributed by atoms with Gasteiger partial charge in [-0.3, -0.25) is 0 Å². The van der Waals surface area contributed by atoms with E-state index in [2.05, 4.69) is 13.8 Å². The number of aryl methyl sites for hydroxylation is 2. The van der Waals surface area contributed by atoms with Crippen LogP contribution in [-0.4, -0.2) is 17.7 Å². The predicted molar refractivity (Wildman–Crippen MR) is 77.5 cm³/mol. The van der Waals surface area contributed by atoms with Crippen LogP contribution in [0.25, 0.3) is 6.08 Å². The molecule has 0 radical (unpaired) electrons. The normalized spacial score (nSPS) is 12.6. The molecule has 19 heavy (non-hydrogen) atoms. The predicted octanol–water partition coefficient (Wildman–Crippen LogP) is 3.83. The molecule has 0 aliphatic carbocycles. The summed E-state index contributed by atoms with van der Waals surface area (Å²) in [5, 5.41) is 8.63. The van der Waals surface area contributed by atoms with E-state index in [-0.39, 0.29) is 0 Å². The fourth-order valence-corrected chi connectivity index (χ4v) is 1.82. The lowest BCUT2D eigenvalue weighted by Gasteiger charge is -2.16. The largest absolute Gasteiger partial charge is 0.493 e. The van der Waals surface area contributed by atoms with Crippen LogP contribution in [0.2, 0.25) is 0 Å². The molecule has 1 unspecified atom stereocenters. The fraction of sp³-hybridized carbons (Fsp3) is 0.438. The molecule has 1 atom stereocenters. The molecule has 1 aromatic carbocycles. The van der Waals surface area contributed by atoms with Gasteiger partial charge in [0.05, 0.1) is 6.61 Å². The third kappa shape index (κ3) is 4.78. The summed E-state index contributed by atoms with van der Waals surface area (Å²) >= 11 is 0. The third-order valence-electron chi connectivity index (χ3n) is 3.11. The minimum Gasteiger partial charge on any atom is -0.493 e. The first-order chi connectivity index (χ1) is 8.93. The highest BCUT2D eigenvalue weighted by Gasteiger charge is 2.07. The van der Waals surface area contributed by atoms with Crippen LogP contribution in [-0.2, 0) is 4.79 Å². The van der Waals surface area contributed by atoms with E-state index in [0.717, 1.165) is 34.9 Å². The molecule has 104 valence electrons. The van der Waals surface area contributed by atoms with Crippen LogP contribution >= 0.6 is 0 Å². The molecule has 0 saturated carbocycles. The van der Waals surface area contributed by atoms with Crippen LogP contribution in [0.1, 0.15) is 37.0 Å². The van der Waals surface area contributed by atoms with Crippen molar-refractivity contribution in [2.75, 3.05) is 6.61 Å². The zero-order valence-electron chi connectivity index (χ0n) is 12.1. The van der Waals surface area contributed by atoms with Crippen molar-refractivity contribution in [3.63, 3.8) is 0 Å². The Morgan fingerprint density at radius 2 is 1.95 bits per heavy atom. The number of aliphatic carboxylic acids is 1. The van der Waals surface area contributed by atoms with Gasteiger partial charge < -0.3 is 9.84 Å². The average Bonchev–Trinajstić information content (AvgIpc) is 2.34. The van der Waals surface area contributed by atoms with Gasteiger partial charge in [-0.2, -0.15) is 0 Å². The van der Waals surface area contributed by atoms with E-state index in [1.807, 2.05) is 26.0 Å². The lowest BCUT2D eigenvalue weighted by atomic mass is 10.0. The Bertz CT molecular complexity index is 452. The van der Waals surface area contributed by atoms with Gasteiger partial charge >= 0.3 is 5.97 Å². The Morgan fingerprint density at radius 1 is 1.37 bits per heavy atom. The van der Waals surface area contributed by atoms with Gasteiger partial charge in [0.2, 0.25) is 0 Å². The summed E-state index contributed by atoms with van der Waals surface area (Å²) in [4.78, 5) is 10.5. The number of rotatable bonds is 6. The number of hydrogen-bond donors (Lipinski definition) is 1. The molecule has 1 rings (SSSR count). The molecule has 1 aromatic rings. The van der Waals surface area contributed by atoms with E-state index < -0.39 is 5.97 Å². The molecule has 0 aromatic heterocycles. The SMILES string of the molecule is CCC(C)COc1c(C)cc(C=CC(=O)O)cc1C. The molecule has 3 nitrogen and oxygen atoms in total. The van der Waals surface area contributed by atoms with Crippen LogP contribution in [0.4, 0.5) is 0 Å². The molecule has 0 heterocycles. The van der Waals surface area contributed by atoms with Crippen molar-refractivity contribution in [2.24, 2.45) is 5.92 Å². The number of hydrogen-bond acceptors (Lipinski definition) is 2. The standard InChI is InChI=1S/C16H22O3/c1-5-11(2)10-19-16-12(3)8-14(9-13(16)4)6-7-15(17)18/h6-9,11H,5,10H2,1-4H3,(H,17,18). The first kappa shape index (κ1) is 15.3. The summed E-state index contributed by atoms with van der Waals surface area (Å²) in [7, 11) is 0. The van der Waals surface area contributed by atoms with Gasteiger partial charge in [0.1, 0.15) is 5.75 Å². The van der Waals surface area contributed by atoms with Crippen molar-refractivity contribution in [1.29, 1.82) is 0 Å². The number of benzene rings is 1. The Balaban J connectivity index is 2.88. The van der Waals surface area contributed by atoms with Gasteiger partial charge in [0.15, 0.2) is 0 Å². The van der Waals surface area contributed by atoms with Crippen LogP contribution < -0.4 is 4.74 Å². The first-order valence-electron chi connectivity index (χ1n) is 6.59. The lowest BCUT2D eigenvalue weighted by Crippen LogP contribution is -2.09. The zero-order chi connectivity index (χ0) is 14.4. The second kappa shape index (κ2) is 6.98. The van der Waals surface area contributed by atoms with Gasteiger partial charge in [-0.1, -0.05) is 20.3 Å². The number of ether oxygens (including phenoxy) is 1. The van der Waals surface area contributed by atoms with E-state index in [1.165, 1.54) is 0 Å². The Morgan fingerprint density at radius 3 is 2.42 bits per heavy atom. The Kier molecular flexibility index (Phi) is 5.61. The molecule has 1 N–H and O–H groups in total. The van der Waals surface area contributed by atoms with Crippen molar-refractivity contribution in [1.82, 2.24) is 0 Å². The molecular formula is C16H22O3. The summed E-state index contributed by atoms with van der Waals surface area (Å²) in [6.07, 6.45) is 3.84. The second-order valence-electron chi connectivity index (χ2n) is 4.98. The van der Waals surface area contributed by atoms with Crippen molar-refractivity contribution in [3.8, 4) is 5.75 Å². The monoisotopic (exact) mass is 262 g/mol.